The average Bonchev–Trinajstić information content (AvgIpc) is 3.15. The van der Waals surface area contributed by atoms with E-state index in [2.05, 4.69) is 9.97 Å². The first-order valence-electron chi connectivity index (χ1n) is 10.5. The molecule has 0 aliphatic carbocycles. The molecule has 1 N–H and O–H groups in total. The second-order valence-electron chi connectivity index (χ2n) is 7.99. The topological polar surface area (TPSA) is 80.5 Å². The second kappa shape index (κ2) is 8.83. The molecule has 2 aromatic heterocycles. The molecular formula is C23H28N4O3. The summed E-state index contributed by atoms with van der Waals surface area (Å²) in [7, 11) is 0. The van der Waals surface area contributed by atoms with Gasteiger partial charge in [0.2, 0.25) is 5.91 Å². The fourth-order valence-electron chi connectivity index (χ4n) is 3.97. The molecule has 1 saturated heterocycles. The minimum atomic E-state index is -0.785. The van der Waals surface area contributed by atoms with Crippen LogP contribution in [0.3, 0.4) is 0 Å². The molecule has 0 spiro atoms. The number of aliphatic hydroxyl groups is 1. The van der Waals surface area contributed by atoms with Crippen molar-refractivity contribution in [3.8, 4) is 5.75 Å². The molecule has 1 aliphatic heterocycles. The fraction of sp³-hybridized carbons (Fsp3) is 0.435. The monoisotopic (exact) mass is 408 g/mol. The molecular weight excluding hydrogens is 380 g/mol. The lowest BCUT2D eigenvalue weighted by Crippen LogP contribution is -2.48. The highest BCUT2D eigenvalue weighted by Crippen LogP contribution is 2.26. The van der Waals surface area contributed by atoms with Gasteiger partial charge in [-0.2, -0.15) is 0 Å². The largest absolute Gasteiger partial charge is 0.491 e. The quantitative estimate of drug-likeness (QED) is 0.608. The Morgan fingerprint density at radius 3 is 2.73 bits per heavy atom. The molecule has 158 valence electrons. The number of hydrogen-bond donors (Lipinski definition) is 1. The number of ether oxygens (including phenoxy) is 1. The van der Waals surface area contributed by atoms with Crippen LogP contribution in [0.2, 0.25) is 0 Å². The number of likely N-dealkylation sites (tertiary alicyclic amines) is 1. The maximum atomic E-state index is 12.6. The number of aromatic nitrogens is 3. The Labute approximate surface area is 176 Å². The van der Waals surface area contributed by atoms with Gasteiger partial charge in [0, 0.05) is 43.5 Å². The van der Waals surface area contributed by atoms with Crippen LogP contribution in [0.15, 0.2) is 48.9 Å². The van der Waals surface area contributed by atoms with Crippen molar-refractivity contribution in [3.05, 3.63) is 54.7 Å². The van der Waals surface area contributed by atoms with Crippen LogP contribution in [0.25, 0.3) is 10.9 Å². The molecule has 0 saturated carbocycles. The van der Waals surface area contributed by atoms with E-state index in [9.17, 15) is 9.90 Å². The average molecular weight is 409 g/mol. The highest BCUT2D eigenvalue weighted by molar-refractivity contribution is 5.84. The van der Waals surface area contributed by atoms with Gasteiger partial charge in [-0.05, 0) is 38.3 Å². The minimum absolute atomic E-state index is 0.121. The van der Waals surface area contributed by atoms with E-state index >= 15 is 0 Å². The maximum absolute atomic E-state index is 12.6. The van der Waals surface area contributed by atoms with E-state index in [1.54, 1.807) is 12.4 Å². The molecule has 0 bridgehead atoms. The van der Waals surface area contributed by atoms with Gasteiger partial charge in [-0.15, -0.1) is 0 Å². The van der Waals surface area contributed by atoms with Crippen LogP contribution in [-0.4, -0.2) is 55.7 Å². The van der Waals surface area contributed by atoms with Crippen molar-refractivity contribution in [1.29, 1.82) is 0 Å². The smallest absolute Gasteiger partial charge is 0.222 e. The Bertz CT molecular complexity index is 1000. The van der Waals surface area contributed by atoms with Crippen LogP contribution in [-0.2, 0) is 11.3 Å². The molecule has 1 amide bonds. The summed E-state index contributed by atoms with van der Waals surface area (Å²) in [5, 5.41) is 11.9. The number of hydrogen-bond acceptors (Lipinski definition) is 5. The molecule has 0 unspecified atom stereocenters. The predicted octanol–water partition coefficient (Wildman–Crippen LogP) is 2.95. The third-order valence-electron chi connectivity index (χ3n) is 5.82. The van der Waals surface area contributed by atoms with Crippen molar-refractivity contribution in [2.24, 2.45) is 0 Å². The Balaban J connectivity index is 1.22. The maximum Gasteiger partial charge on any atom is 0.222 e. The molecule has 1 aliphatic rings. The predicted molar refractivity (Wildman–Crippen MR) is 114 cm³/mol. The number of fused-ring (bicyclic) bond motifs is 1. The molecule has 0 atom stereocenters. The fourth-order valence-corrected chi connectivity index (χ4v) is 3.97. The van der Waals surface area contributed by atoms with Crippen LogP contribution >= 0.6 is 0 Å². The lowest BCUT2D eigenvalue weighted by molar-refractivity contribution is -0.136. The number of nitrogens with zero attached hydrogens (tertiary/aromatic N) is 4. The number of piperidine rings is 1. The van der Waals surface area contributed by atoms with Crippen LogP contribution in [0.1, 0.15) is 31.5 Å². The van der Waals surface area contributed by atoms with E-state index in [1.807, 2.05) is 52.9 Å². The summed E-state index contributed by atoms with van der Waals surface area (Å²) in [5.74, 6) is 1.76. The number of pyridine rings is 1. The number of carbonyl (C=O) groups is 1. The number of rotatable bonds is 7. The summed E-state index contributed by atoms with van der Waals surface area (Å²) in [6.07, 6.45) is 7.63. The number of amides is 1. The van der Waals surface area contributed by atoms with E-state index in [1.165, 1.54) is 0 Å². The molecule has 4 rings (SSSR count). The normalized spacial score (nSPS) is 16.0. The lowest BCUT2D eigenvalue weighted by Gasteiger charge is -2.38. The summed E-state index contributed by atoms with van der Waals surface area (Å²) in [4.78, 5) is 23.0. The Kier molecular flexibility index (Phi) is 5.99. The van der Waals surface area contributed by atoms with Crippen molar-refractivity contribution < 1.29 is 14.6 Å². The van der Waals surface area contributed by atoms with Gasteiger partial charge in [-0.1, -0.05) is 18.2 Å². The van der Waals surface area contributed by atoms with Gasteiger partial charge in [0.15, 0.2) is 0 Å². The zero-order valence-corrected chi connectivity index (χ0v) is 17.3. The van der Waals surface area contributed by atoms with Crippen molar-refractivity contribution >= 4 is 16.8 Å². The zero-order valence-electron chi connectivity index (χ0n) is 17.3. The molecule has 3 heterocycles. The number of carbonyl (C=O) groups excluding carboxylic acids is 1. The van der Waals surface area contributed by atoms with E-state index in [0.717, 1.165) is 22.5 Å². The third-order valence-corrected chi connectivity index (χ3v) is 5.82. The van der Waals surface area contributed by atoms with Gasteiger partial charge in [0.25, 0.3) is 0 Å². The van der Waals surface area contributed by atoms with Crippen LogP contribution in [0.4, 0.5) is 0 Å². The summed E-state index contributed by atoms with van der Waals surface area (Å²) < 4.78 is 7.85. The van der Waals surface area contributed by atoms with Crippen molar-refractivity contribution in [2.75, 3.05) is 19.7 Å². The summed E-state index contributed by atoms with van der Waals surface area (Å²) >= 11 is 0. The van der Waals surface area contributed by atoms with Crippen molar-refractivity contribution in [2.45, 2.75) is 44.8 Å². The van der Waals surface area contributed by atoms with Gasteiger partial charge < -0.3 is 19.3 Å². The third kappa shape index (κ3) is 4.62. The molecule has 1 aromatic carbocycles. The molecule has 7 nitrogen and oxygen atoms in total. The van der Waals surface area contributed by atoms with Gasteiger partial charge in [-0.3, -0.25) is 9.78 Å². The first-order chi connectivity index (χ1) is 14.5. The highest BCUT2D eigenvalue weighted by atomic mass is 16.5. The van der Waals surface area contributed by atoms with Gasteiger partial charge >= 0.3 is 0 Å². The second-order valence-corrected chi connectivity index (χ2v) is 7.99. The van der Waals surface area contributed by atoms with E-state index in [4.69, 9.17) is 4.74 Å². The van der Waals surface area contributed by atoms with Crippen molar-refractivity contribution in [3.63, 3.8) is 0 Å². The molecule has 30 heavy (non-hydrogen) atoms. The van der Waals surface area contributed by atoms with Gasteiger partial charge in [0.05, 0.1) is 18.8 Å². The van der Waals surface area contributed by atoms with Crippen molar-refractivity contribution in [1.82, 2.24) is 19.4 Å². The van der Waals surface area contributed by atoms with Crippen LogP contribution in [0.5, 0.6) is 5.75 Å². The van der Waals surface area contributed by atoms with E-state index in [-0.39, 0.29) is 5.91 Å². The molecule has 0 radical (unpaired) electrons. The number of benzene rings is 1. The minimum Gasteiger partial charge on any atom is -0.491 e. The van der Waals surface area contributed by atoms with Crippen LogP contribution < -0.4 is 4.74 Å². The summed E-state index contributed by atoms with van der Waals surface area (Å²) in [6.45, 7) is 4.08. The van der Waals surface area contributed by atoms with Gasteiger partial charge in [-0.25, -0.2) is 4.98 Å². The molecule has 7 heteroatoms. The SMILES string of the molecule is Cc1nccn1CC1(O)CCN(C(=O)CCCOc2cccc3cccnc23)CC1. The number of aryl methyl sites for hydroxylation is 1. The first-order valence-corrected chi connectivity index (χ1v) is 10.5. The number of para-hydroxylation sites is 1. The Morgan fingerprint density at radius 2 is 1.97 bits per heavy atom. The van der Waals surface area contributed by atoms with E-state index < -0.39 is 5.60 Å². The Morgan fingerprint density at radius 1 is 1.17 bits per heavy atom. The van der Waals surface area contributed by atoms with Crippen LogP contribution in [0, 0.1) is 6.92 Å². The molecule has 1 fully saturated rings. The standard InChI is InChI=1S/C23H28N4O3/c1-18-24-12-15-27(18)17-23(29)9-13-26(14-10-23)21(28)8-4-16-30-20-7-2-5-19-6-3-11-25-22(19)20/h2-3,5-7,11-12,15,29H,4,8-10,13-14,16-17H2,1H3. The Hall–Kier alpha value is -2.93. The highest BCUT2D eigenvalue weighted by Gasteiger charge is 2.34. The summed E-state index contributed by atoms with van der Waals surface area (Å²) in [6, 6.07) is 9.77. The van der Waals surface area contributed by atoms with Gasteiger partial charge in [0.1, 0.15) is 17.1 Å². The zero-order chi connectivity index (χ0) is 21.0. The number of imidazole rings is 1. The first kappa shape index (κ1) is 20.3. The molecule has 3 aromatic rings. The van der Waals surface area contributed by atoms with E-state index in [0.29, 0.717) is 51.9 Å². The lowest BCUT2D eigenvalue weighted by atomic mass is 9.91. The summed E-state index contributed by atoms with van der Waals surface area (Å²) in [5.41, 5.74) is 0.0574.